The van der Waals surface area contributed by atoms with Crippen LogP contribution in [0.15, 0.2) is 47.4 Å². The normalized spacial score (nSPS) is 15.5. The summed E-state index contributed by atoms with van der Waals surface area (Å²) in [5.74, 6) is -0.359. The highest BCUT2D eigenvalue weighted by atomic mass is 32.2. The summed E-state index contributed by atoms with van der Waals surface area (Å²) in [6, 6.07) is 11.3. The number of nitro benzene ring substituents is 1. The molecule has 1 aliphatic rings. The third kappa shape index (κ3) is 5.27. The first-order chi connectivity index (χ1) is 14.7. The lowest BCUT2D eigenvalue weighted by atomic mass is 10.1. The summed E-state index contributed by atoms with van der Waals surface area (Å²) < 4.78 is 27.0. The van der Waals surface area contributed by atoms with Crippen molar-refractivity contribution in [2.24, 2.45) is 0 Å². The molecule has 0 radical (unpaired) electrons. The standard InChI is InChI=1S/C21H26N4O5S/c1-16-6-8-18(9-7-16)31(29,30)24-14-12-23(13-15-24)11-10-22-21(26)19-4-3-5-20(17(19)2)25(27)28/h3-9H,10-15H2,1-2H3,(H,22,26). The van der Waals surface area contributed by atoms with Crippen LogP contribution < -0.4 is 5.32 Å². The summed E-state index contributed by atoms with van der Waals surface area (Å²) in [6.45, 7) is 6.30. The van der Waals surface area contributed by atoms with Gasteiger partial charge in [-0.05, 0) is 32.0 Å². The monoisotopic (exact) mass is 446 g/mol. The number of hydrogen-bond acceptors (Lipinski definition) is 6. The number of rotatable bonds is 7. The molecule has 3 rings (SSSR count). The van der Waals surface area contributed by atoms with E-state index in [1.165, 1.54) is 16.4 Å². The van der Waals surface area contributed by atoms with E-state index in [1.807, 2.05) is 6.92 Å². The molecule has 0 bridgehead atoms. The fourth-order valence-electron chi connectivity index (χ4n) is 3.54. The quantitative estimate of drug-likeness (QED) is 0.514. The van der Waals surface area contributed by atoms with Gasteiger partial charge in [-0.25, -0.2) is 8.42 Å². The van der Waals surface area contributed by atoms with Crippen LogP contribution in [-0.4, -0.2) is 67.7 Å². The fourth-order valence-corrected chi connectivity index (χ4v) is 4.96. The maximum absolute atomic E-state index is 12.8. The molecule has 0 spiro atoms. The maximum Gasteiger partial charge on any atom is 0.273 e. The minimum Gasteiger partial charge on any atom is -0.351 e. The average Bonchev–Trinajstić information content (AvgIpc) is 2.74. The molecule has 31 heavy (non-hydrogen) atoms. The second kappa shape index (κ2) is 9.54. The van der Waals surface area contributed by atoms with Crippen LogP contribution in [0.2, 0.25) is 0 Å². The first-order valence-electron chi connectivity index (χ1n) is 10.0. The van der Waals surface area contributed by atoms with E-state index in [-0.39, 0.29) is 17.2 Å². The molecule has 1 heterocycles. The van der Waals surface area contributed by atoms with Gasteiger partial charge in [-0.15, -0.1) is 0 Å². The minimum atomic E-state index is -3.51. The van der Waals surface area contributed by atoms with Crippen LogP contribution in [0.25, 0.3) is 0 Å². The summed E-state index contributed by atoms with van der Waals surface area (Å²) in [7, 11) is -3.51. The number of nitrogens with one attached hydrogen (secondary N) is 1. The second-order valence-corrected chi connectivity index (χ2v) is 9.46. The molecule has 1 fully saturated rings. The third-order valence-corrected chi connectivity index (χ3v) is 7.36. The molecule has 0 aromatic heterocycles. The zero-order valence-electron chi connectivity index (χ0n) is 17.6. The van der Waals surface area contributed by atoms with Gasteiger partial charge in [0.2, 0.25) is 10.0 Å². The van der Waals surface area contributed by atoms with Crippen molar-refractivity contribution in [2.45, 2.75) is 18.7 Å². The Morgan fingerprint density at radius 2 is 1.71 bits per heavy atom. The van der Waals surface area contributed by atoms with Crippen LogP contribution >= 0.6 is 0 Å². The first-order valence-corrected chi connectivity index (χ1v) is 11.5. The number of carbonyl (C=O) groups excluding carboxylic acids is 1. The van der Waals surface area contributed by atoms with E-state index in [1.54, 1.807) is 37.3 Å². The number of piperazine rings is 1. The Hall–Kier alpha value is -2.82. The van der Waals surface area contributed by atoms with Gasteiger partial charge in [0, 0.05) is 56.5 Å². The van der Waals surface area contributed by atoms with Crippen LogP contribution in [0.5, 0.6) is 0 Å². The van der Waals surface area contributed by atoms with Gasteiger partial charge in [0.1, 0.15) is 0 Å². The number of hydrogen-bond donors (Lipinski definition) is 1. The van der Waals surface area contributed by atoms with Crippen LogP contribution in [0.3, 0.4) is 0 Å². The third-order valence-electron chi connectivity index (χ3n) is 5.45. The lowest BCUT2D eigenvalue weighted by Gasteiger charge is -2.34. The van der Waals surface area contributed by atoms with Crippen molar-refractivity contribution >= 4 is 21.6 Å². The maximum atomic E-state index is 12.8. The molecule has 0 unspecified atom stereocenters. The highest BCUT2D eigenvalue weighted by molar-refractivity contribution is 7.89. The number of benzene rings is 2. The van der Waals surface area contributed by atoms with Gasteiger partial charge in [0.05, 0.1) is 9.82 Å². The van der Waals surface area contributed by atoms with E-state index in [4.69, 9.17) is 0 Å². The van der Waals surface area contributed by atoms with E-state index in [2.05, 4.69) is 10.2 Å². The van der Waals surface area contributed by atoms with E-state index in [9.17, 15) is 23.3 Å². The summed E-state index contributed by atoms with van der Waals surface area (Å²) >= 11 is 0. The number of nitro groups is 1. The van der Waals surface area contributed by atoms with Crippen LogP contribution in [-0.2, 0) is 10.0 Å². The minimum absolute atomic E-state index is 0.0847. The van der Waals surface area contributed by atoms with Crippen molar-refractivity contribution in [1.29, 1.82) is 0 Å². The predicted molar refractivity (Wildman–Crippen MR) is 117 cm³/mol. The van der Waals surface area contributed by atoms with Gasteiger partial charge in [0.15, 0.2) is 0 Å². The molecule has 0 aliphatic carbocycles. The number of nitrogens with zero attached hydrogens (tertiary/aromatic N) is 3. The predicted octanol–water partition coefficient (Wildman–Crippen LogP) is 1.95. The molecule has 166 valence electrons. The molecule has 2 aromatic carbocycles. The van der Waals surface area contributed by atoms with Crippen LogP contribution in [0.4, 0.5) is 5.69 Å². The second-order valence-electron chi connectivity index (χ2n) is 7.52. The molecule has 1 amide bonds. The first kappa shape index (κ1) is 22.9. The molecule has 0 atom stereocenters. The zero-order chi connectivity index (χ0) is 22.6. The molecule has 2 aromatic rings. The average molecular weight is 447 g/mol. The highest BCUT2D eigenvalue weighted by Crippen LogP contribution is 2.21. The summed E-state index contributed by atoms with van der Waals surface area (Å²) in [5.41, 5.74) is 1.54. The Morgan fingerprint density at radius 1 is 1.06 bits per heavy atom. The van der Waals surface area contributed by atoms with Gasteiger partial charge in [-0.2, -0.15) is 4.31 Å². The molecule has 9 nitrogen and oxygen atoms in total. The van der Waals surface area contributed by atoms with E-state index in [0.717, 1.165) is 5.56 Å². The molecule has 1 N–H and O–H groups in total. The molecule has 0 saturated carbocycles. The SMILES string of the molecule is Cc1ccc(S(=O)(=O)N2CCN(CCNC(=O)c3cccc([N+](=O)[O-])c3C)CC2)cc1. The van der Waals surface area contributed by atoms with E-state index in [0.29, 0.717) is 49.7 Å². The van der Waals surface area contributed by atoms with Gasteiger partial charge in [-0.3, -0.25) is 19.8 Å². The van der Waals surface area contributed by atoms with E-state index < -0.39 is 14.9 Å². The van der Waals surface area contributed by atoms with Gasteiger partial charge >= 0.3 is 0 Å². The molecular formula is C21H26N4O5S. The van der Waals surface area contributed by atoms with Crippen molar-refractivity contribution in [3.8, 4) is 0 Å². The van der Waals surface area contributed by atoms with Crippen molar-refractivity contribution in [3.63, 3.8) is 0 Å². The fraction of sp³-hybridized carbons (Fsp3) is 0.381. The van der Waals surface area contributed by atoms with Crippen LogP contribution in [0, 0.1) is 24.0 Å². The lowest BCUT2D eigenvalue weighted by Crippen LogP contribution is -2.50. The number of aryl methyl sites for hydroxylation is 1. The summed E-state index contributed by atoms with van der Waals surface area (Å²) in [4.78, 5) is 25.3. The van der Waals surface area contributed by atoms with E-state index >= 15 is 0 Å². The number of sulfonamides is 1. The molecule has 1 aliphatic heterocycles. The number of carbonyl (C=O) groups is 1. The molecular weight excluding hydrogens is 420 g/mol. The topological polar surface area (TPSA) is 113 Å². The summed E-state index contributed by atoms with van der Waals surface area (Å²) in [5, 5.41) is 13.8. The van der Waals surface area contributed by atoms with Crippen molar-refractivity contribution in [3.05, 3.63) is 69.3 Å². The van der Waals surface area contributed by atoms with Gasteiger partial charge in [0.25, 0.3) is 11.6 Å². The van der Waals surface area contributed by atoms with Gasteiger partial charge < -0.3 is 5.32 Å². The molecule has 1 saturated heterocycles. The van der Waals surface area contributed by atoms with Crippen molar-refractivity contribution in [2.75, 3.05) is 39.3 Å². The smallest absolute Gasteiger partial charge is 0.273 e. The highest BCUT2D eigenvalue weighted by Gasteiger charge is 2.28. The Morgan fingerprint density at radius 3 is 2.32 bits per heavy atom. The zero-order valence-corrected chi connectivity index (χ0v) is 18.4. The largest absolute Gasteiger partial charge is 0.351 e. The Bertz CT molecular complexity index is 1060. The Kier molecular flexibility index (Phi) is 7.04. The Balaban J connectivity index is 1.50. The van der Waals surface area contributed by atoms with Crippen LogP contribution in [0.1, 0.15) is 21.5 Å². The lowest BCUT2D eigenvalue weighted by molar-refractivity contribution is -0.385. The van der Waals surface area contributed by atoms with Crippen molar-refractivity contribution in [1.82, 2.24) is 14.5 Å². The van der Waals surface area contributed by atoms with Crippen molar-refractivity contribution < 1.29 is 18.1 Å². The molecule has 10 heteroatoms. The summed E-state index contributed by atoms with van der Waals surface area (Å²) in [6.07, 6.45) is 0. The van der Waals surface area contributed by atoms with Gasteiger partial charge in [-0.1, -0.05) is 23.8 Å². The Labute approximate surface area is 181 Å². The number of amides is 1.